The predicted octanol–water partition coefficient (Wildman–Crippen LogP) is 2.59. The molecule has 1 amide bonds. The van der Waals surface area contributed by atoms with E-state index in [0.717, 1.165) is 0 Å². The summed E-state index contributed by atoms with van der Waals surface area (Å²) in [4.78, 5) is 27.0. The monoisotopic (exact) mass is 326 g/mol. The number of nitro groups is 1. The number of hydrogen-bond donors (Lipinski definition) is 1. The zero-order valence-corrected chi connectivity index (χ0v) is 12.8. The summed E-state index contributed by atoms with van der Waals surface area (Å²) in [6.45, 7) is -0.0848. The third kappa shape index (κ3) is 3.02. The minimum Gasteiger partial charge on any atom is -0.497 e. The average Bonchev–Trinajstić information content (AvgIpc) is 2.97. The van der Waals surface area contributed by atoms with Crippen molar-refractivity contribution in [2.24, 2.45) is 0 Å². The zero-order valence-electron chi connectivity index (χ0n) is 12.8. The van der Waals surface area contributed by atoms with Gasteiger partial charge in [-0.05, 0) is 18.2 Å². The fraction of sp³-hybridized carbons (Fsp3) is 0.125. The van der Waals surface area contributed by atoms with Crippen LogP contribution in [0.5, 0.6) is 5.75 Å². The number of hydrogen-bond acceptors (Lipinski definition) is 5. The second-order valence-electron chi connectivity index (χ2n) is 5.05. The number of imidazole rings is 1. The van der Waals surface area contributed by atoms with Gasteiger partial charge in [-0.25, -0.2) is 4.98 Å². The highest BCUT2D eigenvalue weighted by Crippen LogP contribution is 2.24. The number of amides is 1. The van der Waals surface area contributed by atoms with Crippen LogP contribution in [0.1, 0.15) is 0 Å². The SMILES string of the molecule is COc1cccc(NC(=O)Cn2cnc3cccc([N+](=O)[O-])c32)c1. The summed E-state index contributed by atoms with van der Waals surface area (Å²) in [6, 6.07) is 11.6. The van der Waals surface area contributed by atoms with Gasteiger partial charge in [0.25, 0.3) is 5.69 Å². The van der Waals surface area contributed by atoms with E-state index in [1.165, 1.54) is 24.1 Å². The van der Waals surface area contributed by atoms with Crippen LogP contribution < -0.4 is 10.1 Å². The molecule has 24 heavy (non-hydrogen) atoms. The van der Waals surface area contributed by atoms with Crippen LogP contribution in [0.15, 0.2) is 48.8 Å². The molecule has 0 bridgehead atoms. The molecule has 0 spiro atoms. The number of para-hydroxylation sites is 1. The Bertz CT molecular complexity index is 919. The van der Waals surface area contributed by atoms with Gasteiger partial charge in [0.05, 0.1) is 23.9 Å². The van der Waals surface area contributed by atoms with Gasteiger partial charge >= 0.3 is 0 Å². The highest BCUT2D eigenvalue weighted by Gasteiger charge is 2.17. The van der Waals surface area contributed by atoms with Crippen LogP contribution in [0.25, 0.3) is 11.0 Å². The first-order valence-corrected chi connectivity index (χ1v) is 7.10. The summed E-state index contributed by atoms with van der Waals surface area (Å²) in [5, 5.41) is 13.9. The lowest BCUT2D eigenvalue weighted by molar-refractivity contribution is -0.383. The molecule has 1 aromatic heterocycles. The van der Waals surface area contributed by atoms with Crippen LogP contribution in [0.3, 0.4) is 0 Å². The first-order valence-electron chi connectivity index (χ1n) is 7.10. The van der Waals surface area contributed by atoms with Crippen molar-refractivity contribution in [3.8, 4) is 5.75 Å². The molecule has 2 aromatic carbocycles. The minimum atomic E-state index is -0.486. The minimum absolute atomic E-state index is 0.0841. The maximum atomic E-state index is 12.2. The molecule has 3 rings (SSSR count). The Hall–Kier alpha value is -3.42. The second-order valence-corrected chi connectivity index (χ2v) is 5.05. The number of benzene rings is 2. The van der Waals surface area contributed by atoms with E-state index in [4.69, 9.17) is 4.74 Å². The lowest BCUT2D eigenvalue weighted by Gasteiger charge is -2.08. The Balaban J connectivity index is 1.84. The van der Waals surface area contributed by atoms with E-state index in [9.17, 15) is 14.9 Å². The molecular formula is C16H14N4O4. The van der Waals surface area contributed by atoms with E-state index < -0.39 is 4.92 Å². The smallest absolute Gasteiger partial charge is 0.295 e. The van der Waals surface area contributed by atoms with Crippen LogP contribution in [0, 0.1) is 10.1 Å². The van der Waals surface area contributed by atoms with Gasteiger partial charge in [-0.2, -0.15) is 0 Å². The van der Waals surface area contributed by atoms with Gasteiger partial charge in [-0.3, -0.25) is 14.9 Å². The molecule has 0 aliphatic rings. The van der Waals surface area contributed by atoms with Gasteiger partial charge in [0, 0.05) is 17.8 Å². The van der Waals surface area contributed by atoms with Crippen LogP contribution in [0.2, 0.25) is 0 Å². The number of methoxy groups -OCH3 is 1. The Morgan fingerprint density at radius 3 is 2.88 bits per heavy atom. The summed E-state index contributed by atoms with van der Waals surface area (Å²) in [7, 11) is 1.54. The third-order valence-corrected chi connectivity index (χ3v) is 3.48. The van der Waals surface area contributed by atoms with E-state index in [-0.39, 0.29) is 18.1 Å². The fourth-order valence-corrected chi connectivity index (χ4v) is 2.43. The third-order valence-electron chi connectivity index (χ3n) is 3.48. The summed E-state index contributed by atoms with van der Waals surface area (Å²) >= 11 is 0. The van der Waals surface area contributed by atoms with E-state index in [0.29, 0.717) is 22.5 Å². The van der Waals surface area contributed by atoms with E-state index in [1.807, 2.05) is 0 Å². The first-order chi connectivity index (χ1) is 11.6. The average molecular weight is 326 g/mol. The predicted molar refractivity (Wildman–Crippen MR) is 88.0 cm³/mol. The summed E-state index contributed by atoms with van der Waals surface area (Å²) < 4.78 is 6.56. The Morgan fingerprint density at radius 1 is 1.33 bits per heavy atom. The molecule has 0 unspecified atom stereocenters. The number of carbonyl (C=O) groups is 1. The molecule has 0 atom stereocenters. The van der Waals surface area contributed by atoms with Crippen molar-refractivity contribution < 1.29 is 14.5 Å². The van der Waals surface area contributed by atoms with Gasteiger partial charge in [0.15, 0.2) is 0 Å². The number of nitrogens with one attached hydrogen (secondary N) is 1. The lowest BCUT2D eigenvalue weighted by Crippen LogP contribution is -2.18. The number of carbonyl (C=O) groups excluding carboxylic acids is 1. The molecule has 1 N–H and O–H groups in total. The zero-order chi connectivity index (χ0) is 17.1. The number of rotatable bonds is 5. The van der Waals surface area contributed by atoms with Crippen molar-refractivity contribution in [1.29, 1.82) is 0 Å². The van der Waals surface area contributed by atoms with Crippen LogP contribution >= 0.6 is 0 Å². The van der Waals surface area contributed by atoms with Crippen molar-refractivity contribution in [2.45, 2.75) is 6.54 Å². The number of anilines is 1. The topological polar surface area (TPSA) is 99.3 Å². The number of nitrogens with zero attached hydrogens (tertiary/aromatic N) is 3. The molecule has 0 fully saturated rings. The van der Waals surface area contributed by atoms with Gasteiger partial charge < -0.3 is 14.6 Å². The summed E-state index contributed by atoms with van der Waals surface area (Å²) in [5.41, 5.74) is 1.29. The van der Waals surface area contributed by atoms with Crippen LogP contribution in [-0.2, 0) is 11.3 Å². The standard InChI is InChI=1S/C16H14N4O4/c1-24-12-5-2-4-11(8-12)18-15(21)9-19-10-17-13-6-3-7-14(16(13)19)20(22)23/h2-8,10H,9H2,1H3,(H,18,21). The van der Waals surface area contributed by atoms with Gasteiger partial charge in [-0.1, -0.05) is 12.1 Å². The molecule has 0 aliphatic heterocycles. The van der Waals surface area contributed by atoms with Gasteiger partial charge in [0.1, 0.15) is 17.8 Å². The molecule has 1 heterocycles. The van der Waals surface area contributed by atoms with E-state index in [2.05, 4.69) is 10.3 Å². The molecule has 0 saturated heterocycles. The number of aromatic nitrogens is 2. The normalized spacial score (nSPS) is 10.5. The Labute approximate surface area is 136 Å². The number of ether oxygens (including phenoxy) is 1. The maximum Gasteiger partial charge on any atom is 0.295 e. The van der Waals surface area contributed by atoms with Crippen molar-refractivity contribution in [3.63, 3.8) is 0 Å². The fourth-order valence-electron chi connectivity index (χ4n) is 2.43. The Morgan fingerprint density at radius 2 is 2.12 bits per heavy atom. The van der Waals surface area contributed by atoms with Crippen molar-refractivity contribution in [2.75, 3.05) is 12.4 Å². The summed E-state index contributed by atoms with van der Waals surface area (Å²) in [5.74, 6) is 0.303. The highest BCUT2D eigenvalue weighted by molar-refractivity contribution is 5.93. The maximum absolute atomic E-state index is 12.2. The molecule has 8 heteroatoms. The van der Waals surface area contributed by atoms with Gasteiger partial charge in [0.2, 0.25) is 5.91 Å². The molecular weight excluding hydrogens is 312 g/mol. The lowest BCUT2D eigenvalue weighted by atomic mass is 10.2. The van der Waals surface area contributed by atoms with Gasteiger partial charge in [-0.15, -0.1) is 0 Å². The molecule has 0 aliphatic carbocycles. The van der Waals surface area contributed by atoms with Crippen molar-refractivity contribution >= 4 is 28.3 Å². The summed E-state index contributed by atoms with van der Waals surface area (Å²) in [6.07, 6.45) is 1.42. The van der Waals surface area contributed by atoms with E-state index in [1.54, 1.807) is 36.4 Å². The second kappa shape index (κ2) is 6.37. The number of non-ortho nitro benzene ring substituents is 1. The molecule has 3 aromatic rings. The van der Waals surface area contributed by atoms with Crippen LogP contribution in [-0.4, -0.2) is 27.5 Å². The number of fused-ring (bicyclic) bond motifs is 1. The van der Waals surface area contributed by atoms with Crippen molar-refractivity contribution in [3.05, 3.63) is 58.9 Å². The molecule has 0 saturated carbocycles. The Kier molecular flexibility index (Phi) is 4.11. The molecule has 8 nitrogen and oxygen atoms in total. The van der Waals surface area contributed by atoms with Crippen molar-refractivity contribution in [1.82, 2.24) is 9.55 Å². The largest absolute Gasteiger partial charge is 0.497 e. The number of nitro benzene ring substituents is 1. The molecule has 122 valence electrons. The molecule has 0 radical (unpaired) electrons. The van der Waals surface area contributed by atoms with Crippen LogP contribution in [0.4, 0.5) is 11.4 Å². The first kappa shape index (κ1) is 15.5. The highest BCUT2D eigenvalue weighted by atomic mass is 16.6. The quantitative estimate of drug-likeness (QED) is 0.574. The van der Waals surface area contributed by atoms with E-state index >= 15 is 0 Å².